The summed E-state index contributed by atoms with van der Waals surface area (Å²) < 4.78 is 27.8. The number of thiazole rings is 1. The number of aromatic nitrogens is 1. The van der Waals surface area contributed by atoms with Gasteiger partial charge in [0, 0.05) is 24.2 Å². The molecule has 0 radical (unpaired) electrons. The summed E-state index contributed by atoms with van der Waals surface area (Å²) in [5.74, 6) is -0.269. The molecule has 0 saturated carbocycles. The molecule has 0 aliphatic carbocycles. The second kappa shape index (κ2) is 20.4. The minimum atomic E-state index is -0.480. The normalized spacial score (nSPS) is 10.7. The van der Waals surface area contributed by atoms with Gasteiger partial charge in [0.25, 0.3) is 5.91 Å². The SMILES string of the molecule is CCCCCCCCCCCCCCOc1ccc(OCC(=O)Nc2ccc(C[n+]3ccsc3C)cc2)cc1F.[Br-]. The van der Waals surface area contributed by atoms with Crippen molar-refractivity contribution in [3.8, 4) is 11.5 Å². The van der Waals surface area contributed by atoms with Gasteiger partial charge in [-0.05, 0) is 30.7 Å². The van der Waals surface area contributed by atoms with Crippen molar-refractivity contribution >= 4 is 22.9 Å². The van der Waals surface area contributed by atoms with Gasteiger partial charge in [0.05, 0.1) is 12.0 Å². The van der Waals surface area contributed by atoms with Gasteiger partial charge in [-0.15, -0.1) is 0 Å². The second-order valence-electron chi connectivity index (χ2n) is 10.4. The predicted octanol–water partition coefficient (Wildman–Crippen LogP) is 5.63. The molecule has 226 valence electrons. The van der Waals surface area contributed by atoms with Crippen molar-refractivity contribution in [1.82, 2.24) is 0 Å². The van der Waals surface area contributed by atoms with Crippen molar-refractivity contribution in [2.45, 2.75) is 97.4 Å². The molecule has 8 heteroatoms. The van der Waals surface area contributed by atoms with Crippen molar-refractivity contribution in [2.75, 3.05) is 18.5 Å². The molecule has 1 heterocycles. The molecule has 0 aliphatic rings. The number of aryl methyl sites for hydroxylation is 1. The van der Waals surface area contributed by atoms with Crippen LogP contribution in [0.5, 0.6) is 11.5 Å². The number of nitrogens with one attached hydrogen (secondary N) is 1. The van der Waals surface area contributed by atoms with Gasteiger partial charge in [-0.2, -0.15) is 4.57 Å². The highest BCUT2D eigenvalue weighted by molar-refractivity contribution is 7.09. The first kappa shape index (κ1) is 34.7. The number of hydrogen-bond acceptors (Lipinski definition) is 4. The molecule has 41 heavy (non-hydrogen) atoms. The molecular formula is C33H46BrFN2O3S. The Labute approximate surface area is 260 Å². The Morgan fingerprint density at radius 3 is 2.10 bits per heavy atom. The third-order valence-electron chi connectivity index (χ3n) is 7.00. The van der Waals surface area contributed by atoms with Crippen LogP contribution in [0.15, 0.2) is 54.0 Å². The lowest BCUT2D eigenvalue weighted by Crippen LogP contribution is -3.00. The molecule has 1 N–H and O–H groups in total. The predicted molar refractivity (Wildman–Crippen MR) is 162 cm³/mol. The van der Waals surface area contributed by atoms with Crippen LogP contribution in [-0.2, 0) is 11.3 Å². The lowest BCUT2D eigenvalue weighted by atomic mass is 10.1. The first-order valence-electron chi connectivity index (χ1n) is 14.9. The van der Waals surface area contributed by atoms with Gasteiger partial charge in [-0.1, -0.05) is 101 Å². The number of amides is 1. The molecule has 0 fully saturated rings. The standard InChI is InChI=1S/C33H45FN2O3S.BrH/c1-3-4-5-6-7-8-9-10-11-12-13-14-22-38-32-20-19-30(24-31(32)34)39-26-33(37)35-29-17-15-28(16-18-29)25-36-21-23-40-27(36)2;/h15-21,23-24H,3-14,22,25-26H2,1-2H3;1H. The first-order valence-corrected chi connectivity index (χ1v) is 15.8. The summed E-state index contributed by atoms with van der Waals surface area (Å²) >= 11 is 1.71. The monoisotopic (exact) mass is 648 g/mol. The van der Waals surface area contributed by atoms with Crippen LogP contribution in [-0.4, -0.2) is 19.1 Å². The second-order valence-corrected chi connectivity index (χ2v) is 11.5. The smallest absolute Gasteiger partial charge is 0.262 e. The van der Waals surface area contributed by atoms with Crippen LogP contribution in [0.3, 0.4) is 0 Å². The van der Waals surface area contributed by atoms with Gasteiger partial charge < -0.3 is 31.8 Å². The Bertz CT molecular complexity index is 1140. The Morgan fingerprint density at radius 1 is 0.878 bits per heavy atom. The van der Waals surface area contributed by atoms with Crippen molar-refractivity contribution < 1.29 is 40.2 Å². The highest BCUT2D eigenvalue weighted by Gasteiger charge is 2.10. The molecular weight excluding hydrogens is 603 g/mol. The minimum absolute atomic E-state index is 0. The van der Waals surface area contributed by atoms with Crippen molar-refractivity contribution in [1.29, 1.82) is 0 Å². The Kier molecular flexibility index (Phi) is 17.3. The van der Waals surface area contributed by atoms with Crippen molar-refractivity contribution in [2.24, 2.45) is 0 Å². The molecule has 5 nitrogen and oxygen atoms in total. The van der Waals surface area contributed by atoms with Crippen molar-refractivity contribution in [3.05, 3.63) is 70.4 Å². The maximum atomic E-state index is 14.5. The number of carbonyl (C=O) groups excluding carboxylic acids is 1. The van der Waals surface area contributed by atoms with Crippen LogP contribution in [0.2, 0.25) is 0 Å². The molecule has 0 atom stereocenters. The van der Waals surface area contributed by atoms with Crippen LogP contribution < -0.4 is 36.3 Å². The first-order chi connectivity index (χ1) is 19.5. The Hall–Kier alpha value is -2.45. The summed E-state index contributed by atoms with van der Waals surface area (Å²) in [6, 6.07) is 12.2. The number of halogens is 2. The summed E-state index contributed by atoms with van der Waals surface area (Å²) in [7, 11) is 0. The fourth-order valence-electron chi connectivity index (χ4n) is 4.59. The van der Waals surface area contributed by atoms with E-state index in [1.807, 2.05) is 24.3 Å². The van der Waals surface area contributed by atoms with E-state index in [1.165, 1.54) is 75.3 Å². The van der Waals surface area contributed by atoms with Crippen LogP contribution >= 0.6 is 11.3 Å². The lowest BCUT2D eigenvalue weighted by Gasteiger charge is -2.10. The summed E-state index contributed by atoms with van der Waals surface area (Å²) in [4.78, 5) is 12.3. The van der Waals surface area contributed by atoms with E-state index in [9.17, 15) is 9.18 Å². The third-order valence-corrected chi connectivity index (χ3v) is 7.84. The molecule has 3 aromatic rings. The number of benzene rings is 2. The van der Waals surface area contributed by atoms with E-state index in [0.717, 1.165) is 24.9 Å². The van der Waals surface area contributed by atoms with E-state index in [2.05, 4.69) is 35.3 Å². The van der Waals surface area contributed by atoms with Gasteiger partial charge >= 0.3 is 0 Å². The highest BCUT2D eigenvalue weighted by atomic mass is 79.9. The summed E-state index contributed by atoms with van der Waals surface area (Å²) in [6.45, 7) is 5.43. The number of rotatable bonds is 20. The quantitative estimate of drug-likeness (QED) is 0.128. The zero-order valence-corrected chi connectivity index (χ0v) is 27.0. The molecule has 0 aliphatic heterocycles. The molecule has 0 bridgehead atoms. The van der Waals surface area contributed by atoms with Crippen LogP contribution in [0.4, 0.5) is 10.1 Å². The average Bonchev–Trinajstić information content (AvgIpc) is 3.36. The number of anilines is 1. The van der Waals surface area contributed by atoms with E-state index in [4.69, 9.17) is 9.47 Å². The molecule has 0 spiro atoms. The van der Waals surface area contributed by atoms with Gasteiger partial charge in [0.2, 0.25) is 5.01 Å². The Balaban J connectivity index is 0.00000588. The van der Waals surface area contributed by atoms with Gasteiger partial charge in [-0.3, -0.25) is 4.79 Å². The minimum Gasteiger partial charge on any atom is -1.00 e. The summed E-state index contributed by atoms with van der Waals surface area (Å²) in [5.41, 5.74) is 1.84. The fraction of sp³-hybridized carbons (Fsp3) is 0.515. The number of hydrogen-bond donors (Lipinski definition) is 1. The van der Waals surface area contributed by atoms with Gasteiger partial charge in [0.15, 0.2) is 30.9 Å². The van der Waals surface area contributed by atoms with Crippen LogP contribution in [0.25, 0.3) is 0 Å². The maximum absolute atomic E-state index is 14.5. The van der Waals surface area contributed by atoms with Crippen LogP contribution in [0, 0.1) is 12.7 Å². The van der Waals surface area contributed by atoms with E-state index in [1.54, 1.807) is 23.5 Å². The zero-order chi connectivity index (χ0) is 28.4. The summed E-state index contributed by atoms with van der Waals surface area (Å²) in [6.07, 6.45) is 17.4. The largest absolute Gasteiger partial charge is 1.00 e. The Morgan fingerprint density at radius 2 is 1.51 bits per heavy atom. The fourth-order valence-corrected chi connectivity index (χ4v) is 5.25. The molecule has 1 aromatic heterocycles. The highest BCUT2D eigenvalue weighted by Crippen LogP contribution is 2.23. The van der Waals surface area contributed by atoms with Crippen molar-refractivity contribution in [3.63, 3.8) is 0 Å². The average molecular weight is 650 g/mol. The number of ether oxygens (including phenoxy) is 2. The lowest BCUT2D eigenvalue weighted by molar-refractivity contribution is -0.689. The number of carbonyl (C=O) groups is 1. The maximum Gasteiger partial charge on any atom is 0.262 e. The topological polar surface area (TPSA) is 51.4 Å². The third kappa shape index (κ3) is 13.8. The molecule has 2 aromatic carbocycles. The van der Waals surface area contributed by atoms with E-state index in [-0.39, 0.29) is 35.2 Å². The van der Waals surface area contributed by atoms with E-state index in [0.29, 0.717) is 18.0 Å². The number of nitrogens with zero attached hydrogens (tertiary/aromatic N) is 1. The zero-order valence-electron chi connectivity index (χ0n) is 24.6. The molecule has 0 unspecified atom stereocenters. The van der Waals surface area contributed by atoms with Gasteiger partial charge in [0.1, 0.15) is 5.75 Å². The molecule has 1 amide bonds. The number of unbranched alkanes of at least 4 members (excludes halogenated alkanes) is 11. The molecule has 3 rings (SSSR count). The molecule has 0 saturated heterocycles. The van der Waals surface area contributed by atoms with Crippen LogP contribution in [0.1, 0.15) is 94.5 Å². The van der Waals surface area contributed by atoms with Gasteiger partial charge in [-0.25, -0.2) is 4.39 Å². The summed E-state index contributed by atoms with van der Waals surface area (Å²) in [5, 5.41) is 6.12. The van der Waals surface area contributed by atoms with E-state index < -0.39 is 5.82 Å². The van der Waals surface area contributed by atoms with E-state index >= 15 is 0 Å².